The third-order valence-electron chi connectivity index (χ3n) is 5.14. The molecule has 2 unspecified atom stereocenters. The van der Waals surface area contributed by atoms with Crippen LogP contribution in [-0.4, -0.2) is 58.6 Å². The Balaban J connectivity index is 2.00. The lowest BCUT2D eigenvalue weighted by Crippen LogP contribution is -2.37. The summed E-state index contributed by atoms with van der Waals surface area (Å²) in [4.78, 5) is 23.3. The maximum Gasteiger partial charge on any atom is 0.416 e. The van der Waals surface area contributed by atoms with Crippen molar-refractivity contribution in [3.05, 3.63) is 65.2 Å². The van der Waals surface area contributed by atoms with Crippen molar-refractivity contribution in [1.82, 2.24) is 15.2 Å². The lowest BCUT2D eigenvalue weighted by Gasteiger charge is -2.22. The molecule has 1 aromatic heterocycles. The van der Waals surface area contributed by atoms with Gasteiger partial charge in [0, 0.05) is 36.6 Å². The Labute approximate surface area is 178 Å². The Kier molecular flexibility index (Phi) is 7.07. The van der Waals surface area contributed by atoms with Crippen LogP contribution in [-0.2, 0) is 11.2 Å². The topological polar surface area (TPSA) is 77.8 Å². The van der Waals surface area contributed by atoms with E-state index in [0.717, 1.165) is 17.7 Å². The van der Waals surface area contributed by atoms with Gasteiger partial charge in [-0.05, 0) is 43.7 Å². The van der Waals surface area contributed by atoms with Gasteiger partial charge in [0.15, 0.2) is 0 Å². The smallest absolute Gasteiger partial charge is 0.392 e. The number of rotatable bonds is 7. The van der Waals surface area contributed by atoms with Crippen LogP contribution in [0.15, 0.2) is 59.0 Å². The van der Waals surface area contributed by atoms with Crippen molar-refractivity contribution >= 4 is 11.7 Å². The van der Waals surface area contributed by atoms with E-state index in [4.69, 9.17) is 0 Å². The number of likely N-dealkylation sites (N-methyl/N-ethyl adjacent to an activating group) is 1. The van der Waals surface area contributed by atoms with Gasteiger partial charge in [-0.15, -0.1) is 0 Å². The minimum atomic E-state index is -4.47. The molecule has 6 nitrogen and oxygen atoms in total. The minimum absolute atomic E-state index is 0.0261. The molecular weight excluding hydrogens is 409 g/mol. The summed E-state index contributed by atoms with van der Waals surface area (Å²) in [6, 6.07) is 0.911. The van der Waals surface area contributed by atoms with Crippen LogP contribution in [0.25, 0.3) is 0 Å². The van der Waals surface area contributed by atoms with E-state index in [1.54, 1.807) is 31.6 Å². The molecule has 2 atom stereocenters. The predicted molar refractivity (Wildman–Crippen MR) is 111 cm³/mol. The van der Waals surface area contributed by atoms with E-state index in [0.29, 0.717) is 30.1 Å². The molecule has 0 aromatic carbocycles. The van der Waals surface area contributed by atoms with E-state index >= 15 is 0 Å². The maximum atomic E-state index is 13.3. The molecule has 0 fully saturated rings. The number of amidine groups is 1. The standard InChI is InChI=1S/C22H25F3N4O2/c1-3-14-12-27-10-9-18(14)20-28-19(11-17(30)13-26-2)21(31)29(20)16-6-4-5-15(7-8-16)22(23,24)25/h5-10,12,17,19,26,30H,3-4,11,13H2,1-2H3. The summed E-state index contributed by atoms with van der Waals surface area (Å²) in [7, 11) is 1.69. The quantitative estimate of drug-likeness (QED) is 0.692. The number of hydrogen-bond acceptors (Lipinski definition) is 5. The molecule has 31 heavy (non-hydrogen) atoms. The van der Waals surface area contributed by atoms with Crippen LogP contribution in [0, 0.1) is 0 Å². The monoisotopic (exact) mass is 434 g/mol. The first kappa shape index (κ1) is 22.9. The van der Waals surface area contributed by atoms with Crippen molar-refractivity contribution in [2.45, 2.75) is 44.5 Å². The van der Waals surface area contributed by atoms with Crippen LogP contribution >= 0.6 is 0 Å². The number of pyridine rings is 1. The molecule has 166 valence electrons. The van der Waals surface area contributed by atoms with Crippen LogP contribution in [0.2, 0.25) is 0 Å². The average Bonchev–Trinajstić information content (AvgIpc) is 2.90. The van der Waals surface area contributed by atoms with Gasteiger partial charge in [0.1, 0.15) is 11.9 Å². The van der Waals surface area contributed by atoms with Gasteiger partial charge < -0.3 is 10.4 Å². The Hall–Kier alpha value is -2.78. The molecule has 2 N–H and O–H groups in total. The molecule has 1 amide bonds. The zero-order chi connectivity index (χ0) is 22.6. The van der Waals surface area contributed by atoms with E-state index in [1.807, 2.05) is 6.92 Å². The van der Waals surface area contributed by atoms with Crippen molar-refractivity contribution < 1.29 is 23.1 Å². The van der Waals surface area contributed by atoms with Gasteiger partial charge in [0.2, 0.25) is 0 Å². The number of amides is 1. The maximum absolute atomic E-state index is 13.3. The fraction of sp³-hybridized carbons (Fsp3) is 0.409. The largest absolute Gasteiger partial charge is 0.416 e. The van der Waals surface area contributed by atoms with E-state index < -0.39 is 23.9 Å². The van der Waals surface area contributed by atoms with E-state index in [1.165, 1.54) is 11.0 Å². The molecule has 1 aliphatic heterocycles. The van der Waals surface area contributed by atoms with E-state index in [9.17, 15) is 23.1 Å². The molecule has 2 heterocycles. The first-order valence-electron chi connectivity index (χ1n) is 10.1. The highest BCUT2D eigenvalue weighted by Gasteiger charge is 2.39. The number of carbonyl (C=O) groups excluding carboxylic acids is 1. The van der Waals surface area contributed by atoms with Crippen LogP contribution in [0.3, 0.4) is 0 Å². The first-order valence-corrected chi connectivity index (χ1v) is 10.1. The van der Waals surface area contributed by atoms with Crippen LogP contribution in [0.1, 0.15) is 30.9 Å². The number of allylic oxidation sites excluding steroid dienone is 5. The van der Waals surface area contributed by atoms with Crippen LogP contribution in [0.4, 0.5) is 13.2 Å². The van der Waals surface area contributed by atoms with Gasteiger partial charge in [-0.2, -0.15) is 13.2 Å². The summed E-state index contributed by atoms with van der Waals surface area (Å²) in [6.45, 7) is 2.24. The van der Waals surface area contributed by atoms with Crippen molar-refractivity contribution in [3.8, 4) is 0 Å². The second-order valence-electron chi connectivity index (χ2n) is 7.33. The highest BCUT2D eigenvalue weighted by atomic mass is 19.4. The summed E-state index contributed by atoms with van der Waals surface area (Å²) >= 11 is 0. The summed E-state index contributed by atoms with van der Waals surface area (Å²) in [6.07, 6.45) is 3.71. The summed E-state index contributed by atoms with van der Waals surface area (Å²) < 4.78 is 39.4. The van der Waals surface area contributed by atoms with Crippen molar-refractivity contribution in [1.29, 1.82) is 0 Å². The zero-order valence-electron chi connectivity index (χ0n) is 17.4. The van der Waals surface area contributed by atoms with Gasteiger partial charge in [-0.1, -0.05) is 19.1 Å². The fourth-order valence-electron chi connectivity index (χ4n) is 3.60. The van der Waals surface area contributed by atoms with Crippen LogP contribution in [0.5, 0.6) is 0 Å². The summed E-state index contributed by atoms with van der Waals surface area (Å²) in [5, 5.41) is 13.0. The van der Waals surface area contributed by atoms with Gasteiger partial charge >= 0.3 is 6.18 Å². The highest BCUT2D eigenvalue weighted by molar-refractivity contribution is 6.15. The molecule has 1 aromatic rings. The van der Waals surface area contributed by atoms with Crippen molar-refractivity contribution in [3.63, 3.8) is 0 Å². The zero-order valence-corrected chi connectivity index (χ0v) is 17.4. The Morgan fingerprint density at radius 1 is 1.32 bits per heavy atom. The molecule has 0 radical (unpaired) electrons. The molecule has 0 saturated carbocycles. The molecule has 0 spiro atoms. The molecule has 3 rings (SSSR count). The number of aliphatic imine (C=N–C) groups is 1. The number of carbonyl (C=O) groups is 1. The third-order valence-corrected chi connectivity index (χ3v) is 5.14. The number of aliphatic hydroxyl groups is 1. The van der Waals surface area contributed by atoms with Crippen molar-refractivity contribution in [2.75, 3.05) is 13.6 Å². The highest BCUT2D eigenvalue weighted by Crippen LogP contribution is 2.32. The average molecular weight is 434 g/mol. The Morgan fingerprint density at radius 2 is 2.10 bits per heavy atom. The number of aryl methyl sites for hydroxylation is 1. The fourth-order valence-corrected chi connectivity index (χ4v) is 3.60. The minimum Gasteiger partial charge on any atom is -0.392 e. The molecule has 2 aliphatic rings. The summed E-state index contributed by atoms with van der Waals surface area (Å²) in [5.74, 6) is -0.0207. The van der Waals surface area contributed by atoms with Gasteiger partial charge in [-0.25, -0.2) is 0 Å². The van der Waals surface area contributed by atoms with E-state index in [-0.39, 0.29) is 18.7 Å². The van der Waals surface area contributed by atoms with E-state index in [2.05, 4.69) is 15.3 Å². The lowest BCUT2D eigenvalue weighted by atomic mass is 10.1. The third kappa shape index (κ3) is 5.11. The predicted octanol–water partition coefficient (Wildman–Crippen LogP) is 2.90. The molecule has 0 bridgehead atoms. The molecule has 1 aliphatic carbocycles. The number of halogens is 3. The number of nitrogens with one attached hydrogen (secondary N) is 1. The number of nitrogens with zero attached hydrogens (tertiary/aromatic N) is 3. The van der Waals surface area contributed by atoms with Gasteiger partial charge in [0.05, 0.1) is 11.7 Å². The van der Waals surface area contributed by atoms with Gasteiger partial charge in [-0.3, -0.25) is 19.7 Å². The summed E-state index contributed by atoms with van der Waals surface area (Å²) in [5.41, 5.74) is 1.12. The Bertz CT molecular complexity index is 950. The number of aliphatic hydroxyl groups excluding tert-OH is 1. The first-order chi connectivity index (χ1) is 14.8. The second kappa shape index (κ2) is 9.57. The van der Waals surface area contributed by atoms with Gasteiger partial charge in [0.25, 0.3) is 5.91 Å². The van der Waals surface area contributed by atoms with Crippen molar-refractivity contribution in [2.24, 2.45) is 4.99 Å². The molecular formula is C22H25F3N4O2. The Morgan fingerprint density at radius 3 is 2.77 bits per heavy atom. The molecule has 0 saturated heterocycles. The number of alkyl halides is 3. The number of hydrogen-bond donors (Lipinski definition) is 2. The normalized spacial score (nSPS) is 20.3. The molecule has 9 heteroatoms. The second-order valence-corrected chi connectivity index (χ2v) is 7.33. The number of aromatic nitrogens is 1. The van der Waals surface area contributed by atoms with Crippen LogP contribution < -0.4 is 5.32 Å². The SMILES string of the molecule is CCc1cnccc1C1=NC(CC(O)CNC)C(=O)N1C1=CCC=C(C(F)(F)F)C=C1. The lowest BCUT2D eigenvalue weighted by molar-refractivity contribution is -0.126.